The Kier molecular flexibility index (Phi) is 5.04. The van der Waals surface area contributed by atoms with Crippen LogP contribution in [0.3, 0.4) is 0 Å². The fraction of sp³-hybridized carbons (Fsp3) is 0.500. The third kappa shape index (κ3) is 3.64. The van der Waals surface area contributed by atoms with Crippen LogP contribution in [0.4, 0.5) is 0 Å². The molecule has 0 spiro atoms. The van der Waals surface area contributed by atoms with E-state index in [1.165, 1.54) is 0 Å². The minimum Gasteiger partial charge on any atom is -0.481 e. The van der Waals surface area contributed by atoms with E-state index >= 15 is 0 Å². The topological polar surface area (TPSA) is 57.6 Å². The molecule has 1 aromatic rings. The SMILES string of the molecule is CN(C(=O)c1ccc(Br)cc1)C1(CC(=O)O)CCCCC1. The maximum Gasteiger partial charge on any atom is 0.305 e. The number of amides is 1. The summed E-state index contributed by atoms with van der Waals surface area (Å²) in [5.41, 5.74) is 0.0462. The highest BCUT2D eigenvalue weighted by atomic mass is 79.9. The van der Waals surface area contributed by atoms with Crippen LogP contribution in [-0.2, 0) is 4.79 Å². The summed E-state index contributed by atoms with van der Waals surface area (Å²) in [5, 5.41) is 9.22. The van der Waals surface area contributed by atoms with E-state index in [0.29, 0.717) is 5.56 Å². The summed E-state index contributed by atoms with van der Waals surface area (Å²) in [6.07, 6.45) is 4.61. The van der Waals surface area contributed by atoms with E-state index in [9.17, 15) is 14.7 Å². The van der Waals surface area contributed by atoms with E-state index in [0.717, 1.165) is 36.6 Å². The van der Waals surface area contributed by atoms with Gasteiger partial charge in [-0.1, -0.05) is 35.2 Å². The number of hydrogen-bond acceptors (Lipinski definition) is 2. The summed E-state index contributed by atoms with van der Waals surface area (Å²) in [6, 6.07) is 7.18. The van der Waals surface area contributed by atoms with Crippen molar-refractivity contribution in [2.75, 3.05) is 7.05 Å². The van der Waals surface area contributed by atoms with Crippen molar-refractivity contribution < 1.29 is 14.7 Å². The van der Waals surface area contributed by atoms with Crippen molar-refractivity contribution in [3.05, 3.63) is 34.3 Å². The molecular weight excluding hydrogens is 334 g/mol. The lowest BCUT2D eigenvalue weighted by atomic mass is 9.78. The smallest absolute Gasteiger partial charge is 0.305 e. The Hall–Kier alpha value is -1.36. The Labute approximate surface area is 133 Å². The lowest BCUT2D eigenvalue weighted by Crippen LogP contribution is -2.52. The largest absolute Gasteiger partial charge is 0.481 e. The summed E-state index contributed by atoms with van der Waals surface area (Å²) >= 11 is 3.35. The van der Waals surface area contributed by atoms with E-state index in [-0.39, 0.29) is 12.3 Å². The zero-order valence-electron chi connectivity index (χ0n) is 12.1. The van der Waals surface area contributed by atoms with Gasteiger partial charge in [0.15, 0.2) is 0 Å². The molecule has 1 amide bonds. The van der Waals surface area contributed by atoms with Crippen molar-refractivity contribution in [1.82, 2.24) is 4.90 Å². The molecule has 0 bridgehead atoms. The number of carboxylic acids is 1. The van der Waals surface area contributed by atoms with E-state index in [2.05, 4.69) is 15.9 Å². The Bertz CT molecular complexity index is 521. The highest BCUT2D eigenvalue weighted by Crippen LogP contribution is 2.36. The molecule has 2 rings (SSSR count). The number of hydrogen-bond donors (Lipinski definition) is 1. The number of aliphatic carboxylic acids is 1. The molecule has 0 saturated heterocycles. The number of carbonyl (C=O) groups is 2. The van der Waals surface area contributed by atoms with E-state index < -0.39 is 11.5 Å². The minimum atomic E-state index is -0.840. The molecule has 1 aliphatic rings. The monoisotopic (exact) mass is 353 g/mol. The first-order valence-corrected chi connectivity index (χ1v) is 7.99. The summed E-state index contributed by atoms with van der Waals surface area (Å²) < 4.78 is 0.916. The molecule has 5 heteroatoms. The van der Waals surface area contributed by atoms with Gasteiger partial charge in [-0.25, -0.2) is 0 Å². The van der Waals surface area contributed by atoms with Crippen LogP contribution in [0.2, 0.25) is 0 Å². The van der Waals surface area contributed by atoms with Crippen LogP contribution < -0.4 is 0 Å². The second-order valence-corrected chi connectivity index (χ2v) is 6.64. The predicted molar refractivity (Wildman–Crippen MR) is 84.3 cm³/mol. The molecule has 1 N–H and O–H groups in total. The molecule has 0 aromatic heterocycles. The van der Waals surface area contributed by atoms with Crippen molar-refractivity contribution in [3.8, 4) is 0 Å². The lowest BCUT2D eigenvalue weighted by Gasteiger charge is -2.44. The highest BCUT2D eigenvalue weighted by Gasteiger charge is 2.40. The molecule has 4 nitrogen and oxygen atoms in total. The van der Waals surface area contributed by atoms with Crippen LogP contribution in [0.5, 0.6) is 0 Å². The van der Waals surface area contributed by atoms with Gasteiger partial charge in [0.05, 0.1) is 12.0 Å². The number of carbonyl (C=O) groups excluding carboxylic acids is 1. The minimum absolute atomic E-state index is 0.0196. The van der Waals surface area contributed by atoms with E-state index in [4.69, 9.17) is 0 Å². The first kappa shape index (κ1) is 16.0. The maximum atomic E-state index is 12.7. The van der Waals surface area contributed by atoms with Gasteiger partial charge in [-0.15, -0.1) is 0 Å². The van der Waals surface area contributed by atoms with Crippen molar-refractivity contribution in [2.24, 2.45) is 0 Å². The first-order valence-electron chi connectivity index (χ1n) is 7.20. The molecular formula is C16H20BrNO3. The van der Waals surface area contributed by atoms with Crippen LogP contribution in [0.15, 0.2) is 28.7 Å². The second kappa shape index (κ2) is 6.60. The Morgan fingerprint density at radius 1 is 1.19 bits per heavy atom. The normalized spacial score (nSPS) is 17.2. The van der Waals surface area contributed by atoms with Gasteiger partial charge in [-0.3, -0.25) is 9.59 Å². The molecule has 0 aliphatic heterocycles. The van der Waals surface area contributed by atoms with Crippen molar-refractivity contribution >= 4 is 27.8 Å². The van der Waals surface area contributed by atoms with Gasteiger partial charge in [0.2, 0.25) is 0 Å². The fourth-order valence-electron chi connectivity index (χ4n) is 3.12. The molecule has 1 fully saturated rings. The van der Waals surface area contributed by atoms with E-state index in [1.54, 1.807) is 24.1 Å². The highest BCUT2D eigenvalue weighted by molar-refractivity contribution is 9.10. The molecule has 114 valence electrons. The van der Waals surface area contributed by atoms with Gasteiger partial charge in [0.1, 0.15) is 0 Å². The quantitative estimate of drug-likeness (QED) is 0.897. The van der Waals surface area contributed by atoms with Crippen molar-refractivity contribution in [1.29, 1.82) is 0 Å². The number of carboxylic acid groups (broad SMARTS) is 1. The average molecular weight is 354 g/mol. The van der Waals surface area contributed by atoms with E-state index in [1.807, 2.05) is 12.1 Å². The molecule has 0 unspecified atom stereocenters. The van der Waals surface area contributed by atoms with Crippen molar-refractivity contribution in [3.63, 3.8) is 0 Å². The second-order valence-electron chi connectivity index (χ2n) is 5.73. The third-order valence-corrected chi connectivity index (χ3v) is 4.90. The summed E-state index contributed by atoms with van der Waals surface area (Å²) in [7, 11) is 1.73. The van der Waals surface area contributed by atoms with Crippen LogP contribution >= 0.6 is 15.9 Å². The summed E-state index contributed by atoms with van der Waals surface area (Å²) in [6.45, 7) is 0. The molecule has 1 aromatic carbocycles. The summed E-state index contributed by atoms with van der Waals surface area (Å²) in [5.74, 6) is -0.946. The molecule has 21 heavy (non-hydrogen) atoms. The average Bonchev–Trinajstić information content (AvgIpc) is 2.47. The predicted octanol–water partition coefficient (Wildman–Crippen LogP) is 3.70. The van der Waals surface area contributed by atoms with Crippen molar-refractivity contribution in [2.45, 2.75) is 44.1 Å². The zero-order chi connectivity index (χ0) is 15.5. The van der Waals surface area contributed by atoms with Gasteiger partial charge >= 0.3 is 5.97 Å². The standard InChI is InChI=1S/C16H20BrNO3/c1-18(15(21)12-5-7-13(17)8-6-12)16(11-14(19)20)9-3-2-4-10-16/h5-8H,2-4,9-11H2,1H3,(H,19,20). The Balaban J connectivity index is 2.24. The van der Waals surface area contributed by atoms with Gasteiger partial charge in [0, 0.05) is 17.1 Å². The maximum absolute atomic E-state index is 12.7. The summed E-state index contributed by atoms with van der Waals surface area (Å²) in [4.78, 5) is 25.6. The van der Waals surface area contributed by atoms with Gasteiger partial charge in [-0.2, -0.15) is 0 Å². The number of benzene rings is 1. The molecule has 0 radical (unpaired) electrons. The number of halogens is 1. The number of rotatable bonds is 4. The first-order chi connectivity index (χ1) is 9.94. The lowest BCUT2D eigenvalue weighted by molar-refractivity contribution is -0.140. The molecule has 1 saturated carbocycles. The van der Waals surface area contributed by atoms with Gasteiger partial charge < -0.3 is 10.0 Å². The van der Waals surface area contributed by atoms with Crippen LogP contribution in [0.1, 0.15) is 48.9 Å². The third-order valence-electron chi connectivity index (χ3n) is 4.37. The van der Waals surface area contributed by atoms with Gasteiger partial charge in [0.25, 0.3) is 5.91 Å². The molecule has 0 atom stereocenters. The molecule has 0 heterocycles. The van der Waals surface area contributed by atoms with Crippen LogP contribution in [0.25, 0.3) is 0 Å². The molecule has 1 aliphatic carbocycles. The van der Waals surface area contributed by atoms with Gasteiger partial charge in [-0.05, 0) is 37.1 Å². The Morgan fingerprint density at radius 2 is 1.76 bits per heavy atom. The number of nitrogens with zero attached hydrogens (tertiary/aromatic N) is 1. The van der Waals surface area contributed by atoms with Crippen LogP contribution in [-0.4, -0.2) is 34.5 Å². The van der Waals surface area contributed by atoms with Crippen LogP contribution in [0, 0.1) is 0 Å². The zero-order valence-corrected chi connectivity index (χ0v) is 13.7. The fourth-order valence-corrected chi connectivity index (χ4v) is 3.39. The Morgan fingerprint density at radius 3 is 2.29 bits per heavy atom.